The number of likely N-dealkylation sites (tertiary alicyclic amines) is 1. The highest BCUT2D eigenvalue weighted by Gasteiger charge is 2.23. The minimum atomic E-state index is -0.282. The molecule has 1 aliphatic rings. The van der Waals surface area contributed by atoms with Gasteiger partial charge < -0.3 is 14.4 Å². The summed E-state index contributed by atoms with van der Waals surface area (Å²) < 4.78 is 5.44. The SMILES string of the molecule is Cc1ccc(CN(C)C(=O)CN2CC[C@H](O)C2)o1. The van der Waals surface area contributed by atoms with Gasteiger partial charge in [0.2, 0.25) is 5.91 Å². The molecule has 5 nitrogen and oxygen atoms in total. The lowest BCUT2D eigenvalue weighted by molar-refractivity contribution is -0.131. The number of furan rings is 1. The summed E-state index contributed by atoms with van der Waals surface area (Å²) in [6.07, 6.45) is 0.477. The van der Waals surface area contributed by atoms with Crippen LogP contribution in [-0.2, 0) is 11.3 Å². The van der Waals surface area contributed by atoms with Crippen molar-refractivity contribution in [2.75, 3.05) is 26.7 Å². The van der Waals surface area contributed by atoms with Crippen LogP contribution in [0, 0.1) is 6.92 Å². The van der Waals surface area contributed by atoms with Crippen LogP contribution in [0.2, 0.25) is 0 Å². The zero-order chi connectivity index (χ0) is 13.1. The van der Waals surface area contributed by atoms with Crippen molar-refractivity contribution in [3.05, 3.63) is 23.7 Å². The monoisotopic (exact) mass is 252 g/mol. The van der Waals surface area contributed by atoms with Crippen molar-refractivity contribution >= 4 is 5.91 Å². The van der Waals surface area contributed by atoms with E-state index in [0.717, 1.165) is 24.5 Å². The standard InChI is InChI=1S/C13H20N2O3/c1-10-3-4-12(18-10)8-14(2)13(17)9-15-6-5-11(16)7-15/h3-4,11,16H,5-9H2,1-2H3/t11-/m0/s1. The molecule has 18 heavy (non-hydrogen) atoms. The first-order chi connectivity index (χ1) is 8.54. The average molecular weight is 252 g/mol. The third-order valence-electron chi connectivity index (χ3n) is 3.22. The minimum Gasteiger partial charge on any atom is -0.464 e. The van der Waals surface area contributed by atoms with Gasteiger partial charge in [-0.05, 0) is 25.5 Å². The molecule has 1 aromatic rings. The largest absolute Gasteiger partial charge is 0.464 e. The average Bonchev–Trinajstić information content (AvgIpc) is 2.88. The van der Waals surface area contributed by atoms with E-state index >= 15 is 0 Å². The lowest BCUT2D eigenvalue weighted by atomic mass is 10.3. The maximum atomic E-state index is 12.0. The number of hydrogen-bond acceptors (Lipinski definition) is 4. The molecule has 2 heterocycles. The molecule has 1 fully saturated rings. The predicted molar refractivity (Wildman–Crippen MR) is 67.0 cm³/mol. The number of carbonyl (C=O) groups excluding carboxylic acids is 1. The van der Waals surface area contributed by atoms with Gasteiger partial charge in [-0.2, -0.15) is 0 Å². The summed E-state index contributed by atoms with van der Waals surface area (Å²) in [6, 6.07) is 3.78. The van der Waals surface area contributed by atoms with Gasteiger partial charge in [0.15, 0.2) is 0 Å². The highest BCUT2D eigenvalue weighted by atomic mass is 16.3. The van der Waals surface area contributed by atoms with E-state index in [0.29, 0.717) is 19.6 Å². The van der Waals surface area contributed by atoms with Crippen LogP contribution in [-0.4, -0.2) is 53.6 Å². The second kappa shape index (κ2) is 5.54. The molecule has 0 unspecified atom stereocenters. The number of carbonyl (C=O) groups is 1. The van der Waals surface area contributed by atoms with E-state index < -0.39 is 0 Å². The molecule has 0 aliphatic carbocycles. The topological polar surface area (TPSA) is 56.9 Å². The Kier molecular flexibility index (Phi) is 4.04. The van der Waals surface area contributed by atoms with E-state index in [2.05, 4.69) is 0 Å². The number of aliphatic hydroxyl groups excluding tert-OH is 1. The molecule has 1 saturated heterocycles. The van der Waals surface area contributed by atoms with Crippen LogP contribution in [0.4, 0.5) is 0 Å². The summed E-state index contributed by atoms with van der Waals surface area (Å²) in [5, 5.41) is 9.41. The van der Waals surface area contributed by atoms with Gasteiger partial charge in [-0.15, -0.1) is 0 Å². The van der Waals surface area contributed by atoms with Gasteiger partial charge >= 0.3 is 0 Å². The zero-order valence-electron chi connectivity index (χ0n) is 10.9. The molecular weight excluding hydrogens is 232 g/mol. The Morgan fingerprint density at radius 1 is 1.61 bits per heavy atom. The second-order valence-corrected chi connectivity index (χ2v) is 4.94. The molecule has 1 aliphatic heterocycles. The van der Waals surface area contributed by atoms with Crippen LogP contribution in [0.25, 0.3) is 0 Å². The molecular formula is C13H20N2O3. The van der Waals surface area contributed by atoms with Crippen molar-refractivity contribution < 1.29 is 14.3 Å². The quantitative estimate of drug-likeness (QED) is 0.853. The molecule has 0 bridgehead atoms. The Bertz CT molecular complexity index is 416. The minimum absolute atomic E-state index is 0.0538. The van der Waals surface area contributed by atoms with Crippen LogP contribution in [0.1, 0.15) is 17.9 Å². The molecule has 0 saturated carbocycles. The number of aliphatic hydroxyl groups is 1. The number of aryl methyl sites for hydroxylation is 1. The summed E-state index contributed by atoms with van der Waals surface area (Å²) in [5.74, 6) is 1.71. The van der Waals surface area contributed by atoms with Crippen molar-refractivity contribution in [1.82, 2.24) is 9.80 Å². The predicted octanol–water partition coefficient (Wildman–Crippen LogP) is 0.613. The first-order valence-electron chi connectivity index (χ1n) is 6.24. The Hall–Kier alpha value is -1.33. The molecule has 0 spiro atoms. The van der Waals surface area contributed by atoms with Crippen molar-refractivity contribution in [1.29, 1.82) is 0 Å². The summed E-state index contributed by atoms with van der Waals surface area (Å²) in [4.78, 5) is 15.6. The first-order valence-corrected chi connectivity index (χ1v) is 6.24. The maximum Gasteiger partial charge on any atom is 0.236 e. The van der Waals surface area contributed by atoms with Crippen molar-refractivity contribution in [3.63, 3.8) is 0 Å². The third kappa shape index (κ3) is 3.34. The zero-order valence-corrected chi connectivity index (χ0v) is 10.9. The van der Waals surface area contributed by atoms with Crippen molar-refractivity contribution in [2.24, 2.45) is 0 Å². The number of rotatable bonds is 4. The number of amides is 1. The molecule has 0 aromatic carbocycles. The summed E-state index contributed by atoms with van der Waals surface area (Å²) in [7, 11) is 1.77. The van der Waals surface area contributed by atoms with Gasteiger partial charge in [0.1, 0.15) is 11.5 Å². The molecule has 1 atom stereocenters. The Balaban J connectivity index is 1.81. The summed E-state index contributed by atoms with van der Waals surface area (Å²) >= 11 is 0. The van der Waals surface area contributed by atoms with E-state index in [9.17, 15) is 9.90 Å². The highest BCUT2D eigenvalue weighted by Crippen LogP contribution is 2.11. The molecule has 1 aromatic heterocycles. The van der Waals surface area contributed by atoms with Crippen molar-refractivity contribution in [2.45, 2.75) is 26.0 Å². The molecule has 0 radical (unpaired) electrons. The summed E-state index contributed by atoms with van der Waals surface area (Å²) in [5.41, 5.74) is 0. The van der Waals surface area contributed by atoms with Gasteiger partial charge in [0.05, 0.1) is 19.2 Å². The van der Waals surface area contributed by atoms with E-state index in [1.54, 1.807) is 11.9 Å². The van der Waals surface area contributed by atoms with Crippen LogP contribution < -0.4 is 0 Å². The van der Waals surface area contributed by atoms with Crippen LogP contribution in [0.5, 0.6) is 0 Å². The van der Waals surface area contributed by atoms with Gasteiger partial charge in [-0.1, -0.05) is 0 Å². The Morgan fingerprint density at radius 3 is 2.94 bits per heavy atom. The van der Waals surface area contributed by atoms with E-state index in [1.807, 2.05) is 24.0 Å². The fourth-order valence-corrected chi connectivity index (χ4v) is 2.16. The molecule has 1 N–H and O–H groups in total. The Morgan fingerprint density at radius 2 is 2.39 bits per heavy atom. The van der Waals surface area contributed by atoms with Crippen LogP contribution in [0.15, 0.2) is 16.5 Å². The number of nitrogens with zero attached hydrogens (tertiary/aromatic N) is 2. The van der Waals surface area contributed by atoms with Crippen molar-refractivity contribution in [3.8, 4) is 0 Å². The van der Waals surface area contributed by atoms with Gasteiger partial charge in [-0.25, -0.2) is 0 Å². The fraction of sp³-hybridized carbons (Fsp3) is 0.615. The van der Waals surface area contributed by atoms with E-state index in [1.165, 1.54) is 0 Å². The van der Waals surface area contributed by atoms with Gasteiger partial charge in [0, 0.05) is 20.1 Å². The van der Waals surface area contributed by atoms with Crippen LogP contribution >= 0.6 is 0 Å². The normalized spacial score (nSPS) is 20.3. The highest BCUT2D eigenvalue weighted by molar-refractivity contribution is 5.77. The fourth-order valence-electron chi connectivity index (χ4n) is 2.16. The van der Waals surface area contributed by atoms with Gasteiger partial charge in [0.25, 0.3) is 0 Å². The molecule has 2 rings (SSSR count). The van der Waals surface area contributed by atoms with Gasteiger partial charge in [-0.3, -0.25) is 9.69 Å². The van der Waals surface area contributed by atoms with E-state index in [-0.39, 0.29) is 12.0 Å². The lowest BCUT2D eigenvalue weighted by Gasteiger charge is -2.20. The lowest BCUT2D eigenvalue weighted by Crippen LogP contribution is -2.37. The number of likely N-dealkylation sites (N-methyl/N-ethyl adjacent to an activating group) is 1. The Labute approximate surface area is 107 Å². The molecule has 5 heteroatoms. The molecule has 1 amide bonds. The first kappa shape index (κ1) is 13.1. The number of hydrogen-bond donors (Lipinski definition) is 1. The summed E-state index contributed by atoms with van der Waals surface area (Å²) in [6.45, 7) is 4.13. The number of β-amino-alcohol motifs (C(OH)–C–C–N with tert-alkyl or cyclic N) is 1. The second-order valence-electron chi connectivity index (χ2n) is 4.94. The molecule has 100 valence electrons. The smallest absolute Gasteiger partial charge is 0.236 e. The third-order valence-corrected chi connectivity index (χ3v) is 3.22. The van der Waals surface area contributed by atoms with E-state index in [4.69, 9.17) is 4.42 Å². The maximum absolute atomic E-state index is 12.0. The van der Waals surface area contributed by atoms with Crippen LogP contribution in [0.3, 0.4) is 0 Å².